The summed E-state index contributed by atoms with van der Waals surface area (Å²) in [6.45, 7) is 8.66. The summed E-state index contributed by atoms with van der Waals surface area (Å²) in [5, 5.41) is 5.17. The van der Waals surface area contributed by atoms with E-state index < -0.39 is 23.9 Å². The van der Waals surface area contributed by atoms with Crippen molar-refractivity contribution in [2.24, 2.45) is 11.7 Å². The monoisotopic (exact) mass is 342 g/mol. The first-order valence-corrected chi connectivity index (χ1v) is 8.24. The van der Waals surface area contributed by atoms with Crippen LogP contribution in [0.3, 0.4) is 0 Å². The van der Waals surface area contributed by atoms with E-state index in [1.165, 1.54) is 11.8 Å². The van der Waals surface area contributed by atoms with Crippen molar-refractivity contribution < 1.29 is 19.2 Å². The zero-order chi connectivity index (χ0) is 18.9. The molecule has 8 nitrogen and oxygen atoms in total. The Morgan fingerprint density at radius 2 is 1.67 bits per heavy atom. The Hall–Kier alpha value is -2.12. The standard InChI is InChI=1S/C16H30N4O4/c1-6-7-8-20(9-13(17)22)16(24)11(4)18-15(23)14(10(2)3)19-12(5)21/h10-11,14H,6-9H2,1-5H3,(H2,17,22)(H,18,23)(H,19,21)/t11-,14-/m0/s1. The van der Waals surface area contributed by atoms with Gasteiger partial charge in [0.15, 0.2) is 0 Å². The number of rotatable bonds is 10. The van der Waals surface area contributed by atoms with E-state index in [1.54, 1.807) is 20.8 Å². The highest BCUT2D eigenvalue weighted by Crippen LogP contribution is 2.04. The second kappa shape index (κ2) is 10.6. The number of nitrogens with zero attached hydrogens (tertiary/aromatic N) is 1. The molecule has 2 atom stereocenters. The molecule has 0 aromatic carbocycles. The third kappa shape index (κ3) is 7.94. The van der Waals surface area contributed by atoms with Crippen LogP contribution in [-0.2, 0) is 19.2 Å². The molecule has 0 aliphatic heterocycles. The molecule has 138 valence electrons. The van der Waals surface area contributed by atoms with Gasteiger partial charge >= 0.3 is 0 Å². The molecule has 4 amide bonds. The molecule has 0 heterocycles. The third-order valence-electron chi connectivity index (χ3n) is 3.48. The van der Waals surface area contributed by atoms with Crippen LogP contribution in [0.2, 0.25) is 0 Å². The molecule has 0 bridgehead atoms. The van der Waals surface area contributed by atoms with E-state index in [2.05, 4.69) is 10.6 Å². The van der Waals surface area contributed by atoms with E-state index >= 15 is 0 Å². The Bertz CT molecular complexity index is 465. The van der Waals surface area contributed by atoms with Gasteiger partial charge in [0.2, 0.25) is 23.6 Å². The molecule has 0 unspecified atom stereocenters. The summed E-state index contributed by atoms with van der Waals surface area (Å²) in [5.41, 5.74) is 5.18. The van der Waals surface area contributed by atoms with E-state index in [1.807, 2.05) is 6.92 Å². The van der Waals surface area contributed by atoms with E-state index in [9.17, 15) is 19.2 Å². The normalized spacial score (nSPS) is 13.1. The van der Waals surface area contributed by atoms with Gasteiger partial charge in [0.1, 0.15) is 12.1 Å². The van der Waals surface area contributed by atoms with Crippen molar-refractivity contribution in [2.45, 2.75) is 59.5 Å². The summed E-state index contributed by atoms with van der Waals surface area (Å²) in [6, 6.07) is -1.54. The van der Waals surface area contributed by atoms with Gasteiger partial charge in [-0.15, -0.1) is 0 Å². The Morgan fingerprint density at radius 3 is 2.08 bits per heavy atom. The Morgan fingerprint density at radius 1 is 1.08 bits per heavy atom. The van der Waals surface area contributed by atoms with Crippen molar-refractivity contribution in [3.8, 4) is 0 Å². The lowest BCUT2D eigenvalue weighted by molar-refractivity contribution is -0.139. The lowest BCUT2D eigenvalue weighted by Gasteiger charge is -2.27. The highest BCUT2D eigenvalue weighted by atomic mass is 16.2. The molecule has 0 rings (SSSR count). The number of unbranched alkanes of at least 4 members (excludes halogenated alkanes) is 1. The maximum atomic E-state index is 12.5. The average Bonchev–Trinajstić information content (AvgIpc) is 2.47. The van der Waals surface area contributed by atoms with Crippen molar-refractivity contribution in [2.75, 3.05) is 13.1 Å². The predicted molar refractivity (Wildman–Crippen MR) is 90.7 cm³/mol. The van der Waals surface area contributed by atoms with E-state index in [-0.39, 0.29) is 24.3 Å². The number of amides is 4. The average molecular weight is 342 g/mol. The highest BCUT2D eigenvalue weighted by molar-refractivity contribution is 5.92. The molecular weight excluding hydrogens is 312 g/mol. The number of carbonyl (C=O) groups excluding carboxylic acids is 4. The Kier molecular flexibility index (Phi) is 9.68. The van der Waals surface area contributed by atoms with Crippen LogP contribution in [-0.4, -0.2) is 53.7 Å². The van der Waals surface area contributed by atoms with Gasteiger partial charge in [-0.05, 0) is 19.3 Å². The van der Waals surface area contributed by atoms with Gasteiger partial charge in [0.25, 0.3) is 0 Å². The molecule has 4 N–H and O–H groups in total. The predicted octanol–water partition coefficient (Wildman–Crippen LogP) is -0.234. The molecule has 0 saturated carbocycles. The van der Waals surface area contributed by atoms with Crippen LogP contribution in [0.15, 0.2) is 0 Å². The van der Waals surface area contributed by atoms with E-state index in [4.69, 9.17) is 5.73 Å². The van der Waals surface area contributed by atoms with Gasteiger partial charge in [-0.1, -0.05) is 27.2 Å². The second-order valence-electron chi connectivity index (χ2n) is 6.23. The van der Waals surface area contributed by atoms with Crippen LogP contribution in [0, 0.1) is 5.92 Å². The molecule has 8 heteroatoms. The first-order chi connectivity index (χ1) is 11.1. The van der Waals surface area contributed by atoms with Crippen molar-refractivity contribution in [1.82, 2.24) is 15.5 Å². The van der Waals surface area contributed by atoms with Crippen LogP contribution < -0.4 is 16.4 Å². The largest absolute Gasteiger partial charge is 0.368 e. The number of primary amides is 1. The van der Waals surface area contributed by atoms with E-state index in [0.717, 1.165) is 12.8 Å². The molecule has 0 aromatic heterocycles. The molecule has 0 saturated heterocycles. The maximum absolute atomic E-state index is 12.5. The molecule has 0 radical (unpaired) electrons. The van der Waals surface area contributed by atoms with E-state index in [0.29, 0.717) is 6.54 Å². The molecular formula is C16H30N4O4. The lowest BCUT2D eigenvalue weighted by atomic mass is 10.0. The molecule has 0 aliphatic rings. The summed E-state index contributed by atoms with van der Waals surface area (Å²) in [7, 11) is 0. The minimum atomic E-state index is -0.816. The Balaban J connectivity index is 4.92. The zero-order valence-corrected chi connectivity index (χ0v) is 15.2. The van der Waals surface area contributed by atoms with Crippen molar-refractivity contribution in [3.63, 3.8) is 0 Å². The summed E-state index contributed by atoms with van der Waals surface area (Å²) in [6.07, 6.45) is 1.60. The fraction of sp³-hybridized carbons (Fsp3) is 0.750. The van der Waals surface area contributed by atoms with Gasteiger partial charge in [-0.2, -0.15) is 0 Å². The van der Waals surface area contributed by atoms with Crippen molar-refractivity contribution in [3.05, 3.63) is 0 Å². The maximum Gasteiger partial charge on any atom is 0.245 e. The van der Waals surface area contributed by atoms with Crippen LogP contribution in [0.4, 0.5) is 0 Å². The summed E-state index contributed by atoms with van der Waals surface area (Å²) < 4.78 is 0. The van der Waals surface area contributed by atoms with Crippen LogP contribution in [0.5, 0.6) is 0 Å². The topological polar surface area (TPSA) is 122 Å². The van der Waals surface area contributed by atoms with Gasteiger partial charge < -0.3 is 21.3 Å². The fourth-order valence-electron chi connectivity index (χ4n) is 2.20. The summed E-state index contributed by atoms with van der Waals surface area (Å²) in [4.78, 5) is 48.5. The first-order valence-electron chi connectivity index (χ1n) is 8.24. The number of nitrogens with two attached hydrogens (primary N) is 1. The number of carbonyl (C=O) groups is 4. The first kappa shape index (κ1) is 21.9. The highest BCUT2D eigenvalue weighted by Gasteiger charge is 2.28. The molecule has 0 spiro atoms. The molecule has 0 fully saturated rings. The van der Waals surface area contributed by atoms with Crippen molar-refractivity contribution in [1.29, 1.82) is 0 Å². The van der Waals surface area contributed by atoms with Gasteiger partial charge in [0, 0.05) is 13.5 Å². The zero-order valence-electron chi connectivity index (χ0n) is 15.2. The third-order valence-corrected chi connectivity index (χ3v) is 3.48. The quantitative estimate of drug-likeness (QED) is 0.507. The fourth-order valence-corrected chi connectivity index (χ4v) is 2.20. The lowest BCUT2D eigenvalue weighted by Crippen LogP contribution is -2.55. The van der Waals surface area contributed by atoms with Crippen LogP contribution in [0.25, 0.3) is 0 Å². The van der Waals surface area contributed by atoms with Gasteiger partial charge in [0.05, 0.1) is 6.54 Å². The Labute approximate surface area is 143 Å². The van der Waals surface area contributed by atoms with Crippen LogP contribution in [0.1, 0.15) is 47.5 Å². The number of hydrogen-bond acceptors (Lipinski definition) is 4. The molecule has 0 aromatic rings. The summed E-state index contributed by atoms with van der Waals surface area (Å²) >= 11 is 0. The SMILES string of the molecule is CCCCN(CC(N)=O)C(=O)[C@H](C)NC(=O)[C@@H](NC(C)=O)C(C)C. The summed E-state index contributed by atoms with van der Waals surface area (Å²) in [5.74, 6) is -1.85. The van der Waals surface area contributed by atoms with Crippen molar-refractivity contribution >= 4 is 23.6 Å². The minimum Gasteiger partial charge on any atom is -0.368 e. The van der Waals surface area contributed by atoms with Gasteiger partial charge in [-0.25, -0.2) is 0 Å². The molecule has 0 aliphatic carbocycles. The number of nitrogens with one attached hydrogen (secondary N) is 2. The molecule has 24 heavy (non-hydrogen) atoms. The minimum absolute atomic E-state index is 0.127. The second-order valence-corrected chi connectivity index (χ2v) is 6.23. The van der Waals surface area contributed by atoms with Crippen LogP contribution >= 0.6 is 0 Å². The van der Waals surface area contributed by atoms with Gasteiger partial charge in [-0.3, -0.25) is 19.2 Å². The smallest absolute Gasteiger partial charge is 0.245 e. The number of hydrogen-bond donors (Lipinski definition) is 3.